The van der Waals surface area contributed by atoms with Crippen molar-refractivity contribution in [1.82, 2.24) is 0 Å². The van der Waals surface area contributed by atoms with Gasteiger partial charge in [0.2, 0.25) is 0 Å². The maximum absolute atomic E-state index is 11.6. The Morgan fingerprint density at radius 2 is 1.73 bits per heavy atom. The summed E-state index contributed by atoms with van der Waals surface area (Å²) in [4.78, 5) is 24.0. The third-order valence-electron chi connectivity index (χ3n) is 4.19. The van der Waals surface area contributed by atoms with Crippen LogP contribution >= 0.6 is 46.6 Å². The maximum atomic E-state index is 11.6. The summed E-state index contributed by atoms with van der Waals surface area (Å²) < 4.78 is 0. The first kappa shape index (κ1) is 22.4. The number of anilines is 1. The van der Waals surface area contributed by atoms with Crippen LogP contribution in [0.15, 0.2) is 64.4 Å². The van der Waals surface area contributed by atoms with Gasteiger partial charge in [0, 0.05) is 23.1 Å². The highest BCUT2D eigenvalue weighted by atomic mass is 35.5. The molecule has 0 heterocycles. The van der Waals surface area contributed by atoms with Crippen LogP contribution in [0.3, 0.4) is 0 Å². The number of nitro groups is 1. The highest BCUT2D eigenvalue weighted by Crippen LogP contribution is 2.37. The van der Waals surface area contributed by atoms with E-state index in [0.717, 1.165) is 4.90 Å². The van der Waals surface area contributed by atoms with Gasteiger partial charge in [-0.05, 0) is 55.0 Å². The SMILES string of the molecule is CC(=O)c1ccc(Cl)c(NCc2ccc(Sc3ccc(Cl)c(Cl)c3)c([N+](=O)[O-])c2)c1. The molecule has 0 aliphatic carbocycles. The molecular weight excluding hydrogens is 467 g/mol. The van der Waals surface area contributed by atoms with Gasteiger partial charge in [0.1, 0.15) is 0 Å². The average Bonchev–Trinajstić information content (AvgIpc) is 2.70. The highest BCUT2D eigenvalue weighted by Gasteiger charge is 2.17. The molecule has 1 N–H and O–H groups in total. The molecule has 154 valence electrons. The zero-order valence-corrected chi connectivity index (χ0v) is 18.7. The summed E-state index contributed by atoms with van der Waals surface area (Å²) in [5.41, 5.74) is 1.79. The van der Waals surface area contributed by atoms with Crippen molar-refractivity contribution in [3.05, 3.63) is 90.9 Å². The zero-order chi connectivity index (χ0) is 21.8. The van der Waals surface area contributed by atoms with E-state index in [2.05, 4.69) is 5.32 Å². The number of nitrogens with one attached hydrogen (secondary N) is 1. The number of benzene rings is 3. The number of ketones is 1. The number of Topliss-reactive ketones (excluding diaryl/α,β-unsaturated/α-hetero) is 1. The topological polar surface area (TPSA) is 72.2 Å². The number of carbonyl (C=O) groups is 1. The van der Waals surface area contributed by atoms with Crippen LogP contribution < -0.4 is 5.32 Å². The van der Waals surface area contributed by atoms with Gasteiger partial charge in [0.15, 0.2) is 5.78 Å². The highest BCUT2D eigenvalue weighted by molar-refractivity contribution is 7.99. The predicted molar refractivity (Wildman–Crippen MR) is 122 cm³/mol. The summed E-state index contributed by atoms with van der Waals surface area (Å²) in [6, 6.07) is 15.0. The van der Waals surface area contributed by atoms with Crippen molar-refractivity contribution in [2.45, 2.75) is 23.3 Å². The smallest absolute Gasteiger partial charge is 0.283 e. The summed E-state index contributed by atoms with van der Waals surface area (Å²) >= 11 is 19.4. The van der Waals surface area contributed by atoms with E-state index in [1.165, 1.54) is 24.8 Å². The molecule has 0 aromatic heterocycles. The molecule has 0 aliphatic rings. The Hall–Kier alpha value is -2.25. The lowest BCUT2D eigenvalue weighted by atomic mass is 10.1. The maximum Gasteiger partial charge on any atom is 0.283 e. The first-order valence-corrected chi connectivity index (χ1v) is 10.6. The number of carbonyl (C=O) groups excluding carboxylic acids is 1. The molecule has 30 heavy (non-hydrogen) atoms. The second-order valence-electron chi connectivity index (χ2n) is 6.34. The van der Waals surface area contributed by atoms with Gasteiger partial charge in [-0.25, -0.2) is 0 Å². The zero-order valence-electron chi connectivity index (χ0n) is 15.6. The molecule has 0 saturated heterocycles. The van der Waals surface area contributed by atoms with Crippen LogP contribution in [-0.4, -0.2) is 10.7 Å². The molecule has 0 fully saturated rings. The quantitative estimate of drug-likeness (QED) is 0.215. The molecule has 0 radical (unpaired) electrons. The van der Waals surface area contributed by atoms with Crippen molar-refractivity contribution in [1.29, 1.82) is 0 Å². The number of hydrogen-bond donors (Lipinski definition) is 1. The van der Waals surface area contributed by atoms with Crippen LogP contribution in [0.25, 0.3) is 0 Å². The van der Waals surface area contributed by atoms with Crippen molar-refractivity contribution in [3.8, 4) is 0 Å². The number of nitrogens with zero attached hydrogens (tertiary/aromatic N) is 1. The molecule has 0 amide bonds. The standard InChI is InChI=1S/C21H15Cl3N2O3S/c1-12(27)14-3-5-17(23)19(9-14)25-11-13-2-7-21(20(8-13)26(28)29)30-15-4-6-16(22)18(24)10-15/h2-10,25H,11H2,1H3. The molecule has 0 atom stereocenters. The van der Waals surface area contributed by atoms with Crippen LogP contribution in [0, 0.1) is 10.1 Å². The van der Waals surface area contributed by atoms with Crippen LogP contribution in [-0.2, 0) is 6.54 Å². The predicted octanol–water partition coefficient (Wildman–Crippen LogP) is 7.52. The van der Waals surface area contributed by atoms with Crippen molar-refractivity contribution in [2.24, 2.45) is 0 Å². The van der Waals surface area contributed by atoms with E-state index < -0.39 is 4.92 Å². The molecule has 5 nitrogen and oxygen atoms in total. The molecular formula is C21H15Cl3N2O3S. The molecule has 0 saturated carbocycles. The lowest BCUT2D eigenvalue weighted by molar-refractivity contribution is -0.387. The normalized spacial score (nSPS) is 10.7. The van der Waals surface area contributed by atoms with Crippen molar-refractivity contribution >= 4 is 63.7 Å². The van der Waals surface area contributed by atoms with Crippen molar-refractivity contribution in [3.63, 3.8) is 0 Å². The van der Waals surface area contributed by atoms with Gasteiger partial charge in [-0.1, -0.05) is 52.6 Å². The van der Waals surface area contributed by atoms with Gasteiger partial charge in [-0.15, -0.1) is 0 Å². The average molecular weight is 482 g/mol. The second-order valence-corrected chi connectivity index (χ2v) is 8.68. The van der Waals surface area contributed by atoms with E-state index in [9.17, 15) is 14.9 Å². The largest absolute Gasteiger partial charge is 0.380 e. The van der Waals surface area contributed by atoms with Crippen LogP contribution in [0.2, 0.25) is 15.1 Å². The van der Waals surface area contributed by atoms with Gasteiger partial charge in [-0.3, -0.25) is 14.9 Å². The molecule has 3 aromatic carbocycles. The lowest BCUT2D eigenvalue weighted by Gasteiger charge is -2.11. The molecule has 9 heteroatoms. The monoisotopic (exact) mass is 480 g/mol. The van der Waals surface area contributed by atoms with Crippen molar-refractivity contribution < 1.29 is 9.72 Å². The molecule has 0 unspecified atom stereocenters. The molecule has 0 spiro atoms. The lowest BCUT2D eigenvalue weighted by Crippen LogP contribution is -2.03. The van der Waals surface area contributed by atoms with Gasteiger partial charge < -0.3 is 5.32 Å². The summed E-state index contributed by atoms with van der Waals surface area (Å²) in [6.45, 7) is 1.78. The Balaban J connectivity index is 1.81. The Morgan fingerprint density at radius 3 is 2.40 bits per heavy atom. The summed E-state index contributed by atoms with van der Waals surface area (Å²) in [6.07, 6.45) is 0. The summed E-state index contributed by atoms with van der Waals surface area (Å²) in [5, 5.41) is 16.0. The Labute approximate surface area is 192 Å². The van der Waals surface area contributed by atoms with E-state index in [1.807, 2.05) is 0 Å². The number of rotatable bonds is 7. The number of halogens is 3. The summed E-state index contributed by atoms with van der Waals surface area (Å²) in [7, 11) is 0. The fraction of sp³-hybridized carbons (Fsp3) is 0.0952. The molecule has 0 aliphatic heterocycles. The van der Waals surface area contributed by atoms with Gasteiger partial charge in [0.05, 0.1) is 30.6 Å². The minimum Gasteiger partial charge on any atom is -0.380 e. The Kier molecular flexibility index (Phi) is 7.26. The van der Waals surface area contributed by atoms with E-state index in [4.69, 9.17) is 34.8 Å². The summed E-state index contributed by atoms with van der Waals surface area (Å²) in [5.74, 6) is -0.0750. The van der Waals surface area contributed by atoms with Gasteiger partial charge in [-0.2, -0.15) is 0 Å². The second kappa shape index (κ2) is 9.71. The Bertz CT molecular complexity index is 1140. The van der Waals surface area contributed by atoms with E-state index in [0.29, 0.717) is 43.3 Å². The number of nitro benzene ring substituents is 1. The molecule has 0 bridgehead atoms. The molecule has 3 rings (SSSR count). The minimum atomic E-state index is -0.424. The fourth-order valence-electron chi connectivity index (χ4n) is 2.65. The number of hydrogen-bond acceptors (Lipinski definition) is 5. The first-order chi connectivity index (χ1) is 14.2. The first-order valence-electron chi connectivity index (χ1n) is 8.69. The van der Waals surface area contributed by atoms with Gasteiger partial charge in [0.25, 0.3) is 5.69 Å². The third-order valence-corrected chi connectivity index (χ3v) is 6.32. The van der Waals surface area contributed by atoms with E-state index in [1.54, 1.807) is 48.5 Å². The minimum absolute atomic E-state index is 0.0195. The third kappa shape index (κ3) is 5.46. The van der Waals surface area contributed by atoms with E-state index >= 15 is 0 Å². The van der Waals surface area contributed by atoms with E-state index in [-0.39, 0.29) is 11.5 Å². The molecule has 3 aromatic rings. The van der Waals surface area contributed by atoms with Crippen LogP contribution in [0.5, 0.6) is 0 Å². The van der Waals surface area contributed by atoms with Crippen molar-refractivity contribution in [2.75, 3.05) is 5.32 Å². The van der Waals surface area contributed by atoms with Gasteiger partial charge >= 0.3 is 0 Å². The van der Waals surface area contributed by atoms with Crippen LogP contribution in [0.1, 0.15) is 22.8 Å². The van der Waals surface area contributed by atoms with Crippen LogP contribution in [0.4, 0.5) is 11.4 Å². The fourth-order valence-corrected chi connectivity index (χ4v) is 4.13. The Morgan fingerprint density at radius 1 is 1.00 bits per heavy atom.